The summed E-state index contributed by atoms with van der Waals surface area (Å²) < 4.78 is 11.2. The molecule has 0 radical (unpaired) electrons. The third-order valence-corrected chi connectivity index (χ3v) is 3.60. The molecule has 114 valence electrons. The minimum Gasteiger partial charge on any atom is -0.493 e. The van der Waals surface area contributed by atoms with Crippen molar-refractivity contribution in [1.82, 2.24) is 10.6 Å². The highest BCUT2D eigenvalue weighted by atomic mass is 16.5. The highest BCUT2D eigenvalue weighted by Gasteiger charge is 2.22. The average molecular weight is 298 g/mol. The van der Waals surface area contributed by atoms with Crippen LogP contribution in [0.5, 0.6) is 11.5 Å². The molecule has 2 N–H and O–H groups in total. The van der Waals surface area contributed by atoms with Gasteiger partial charge in [-0.05, 0) is 23.3 Å². The van der Waals surface area contributed by atoms with Gasteiger partial charge in [0, 0.05) is 6.54 Å². The Morgan fingerprint density at radius 2 is 1.95 bits per heavy atom. The standard InChI is InChI=1S/C17H18N2O3/c1-21-16-9-13(14-10-18-17(20)19-14)7-8-15(16)22-11-12-5-3-2-4-6-12/h2-9,14H,10-11H2,1H3,(H2,18,19,20)/t14-/m1/s1. The summed E-state index contributed by atoms with van der Waals surface area (Å²) in [5.74, 6) is 1.35. The van der Waals surface area contributed by atoms with Crippen LogP contribution in [0.4, 0.5) is 4.79 Å². The van der Waals surface area contributed by atoms with Gasteiger partial charge in [-0.25, -0.2) is 4.79 Å². The fraction of sp³-hybridized carbons (Fsp3) is 0.235. The normalized spacial score (nSPS) is 16.8. The first-order valence-corrected chi connectivity index (χ1v) is 7.15. The van der Waals surface area contributed by atoms with Crippen LogP contribution in [0.15, 0.2) is 48.5 Å². The predicted octanol–water partition coefficient (Wildman–Crippen LogP) is 2.63. The summed E-state index contributed by atoms with van der Waals surface area (Å²) in [5.41, 5.74) is 2.09. The van der Waals surface area contributed by atoms with E-state index in [2.05, 4.69) is 10.6 Å². The van der Waals surface area contributed by atoms with Crippen molar-refractivity contribution in [3.05, 3.63) is 59.7 Å². The van der Waals surface area contributed by atoms with Crippen molar-refractivity contribution in [2.24, 2.45) is 0 Å². The van der Waals surface area contributed by atoms with E-state index in [1.54, 1.807) is 7.11 Å². The molecule has 5 nitrogen and oxygen atoms in total. The van der Waals surface area contributed by atoms with Gasteiger partial charge in [0.25, 0.3) is 0 Å². The number of benzene rings is 2. The van der Waals surface area contributed by atoms with Crippen LogP contribution in [0.25, 0.3) is 0 Å². The Hall–Kier alpha value is -2.69. The van der Waals surface area contributed by atoms with Crippen LogP contribution in [0.1, 0.15) is 17.2 Å². The zero-order valence-electron chi connectivity index (χ0n) is 12.3. The van der Waals surface area contributed by atoms with Gasteiger partial charge < -0.3 is 20.1 Å². The Morgan fingerprint density at radius 3 is 2.64 bits per heavy atom. The molecule has 0 aliphatic carbocycles. The summed E-state index contributed by atoms with van der Waals surface area (Å²) in [6.45, 7) is 1.06. The van der Waals surface area contributed by atoms with Gasteiger partial charge in [-0.3, -0.25) is 0 Å². The lowest BCUT2D eigenvalue weighted by Crippen LogP contribution is -2.21. The highest BCUT2D eigenvalue weighted by Crippen LogP contribution is 2.31. The van der Waals surface area contributed by atoms with Crippen molar-refractivity contribution < 1.29 is 14.3 Å². The molecule has 1 saturated heterocycles. The minimum atomic E-state index is -0.145. The number of urea groups is 1. The fourth-order valence-electron chi connectivity index (χ4n) is 2.41. The molecule has 2 aromatic rings. The third-order valence-electron chi connectivity index (χ3n) is 3.60. The van der Waals surface area contributed by atoms with Gasteiger partial charge in [0.05, 0.1) is 13.2 Å². The Bertz CT molecular complexity index is 658. The van der Waals surface area contributed by atoms with Crippen molar-refractivity contribution in [1.29, 1.82) is 0 Å². The molecule has 3 rings (SSSR count). The second-order valence-corrected chi connectivity index (χ2v) is 5.09. The number of methoxy groups -OCH3 is 1. The van der Waals surface area contributed by atoms with Crippen LogP contribution in [0.2, 0.25) is 0 Å². The largest absolute Gasteiger partial charge is 0.493 e. The van der Waals surface area contributed by atoms with Crippen LogP contribution in [0.3, 0.4) is 0 Å². The van der Waals surface area contributed by atoms with Crippen LogP contribution in [-0.2, 0) is 6.61 Å². The van der Waals surface area contributed by atoms with E-state index in [0.29, 0.717) is 24.7 Å². The maximum atomic E-state index is 11.2. The summed E-state index contributed by atoms with van der Waals surface area (Å²) in [5, 5.41) is 5.60. The zero-order valence-corrected chi connectivity index (χ0v) is 12.3. The van der Waals surface area contributed by atoms with Gasteiger partial charge in [-0.1, -0.05) is 36.4 Å². The Labute approximate surface area is 129 Å². The molecule has 0 saturated carbocycles. The zero-order chi connectivity index (χ0) is 15.4. The molecule has 0 spiro atoms. The number of amides is 2. The van der Waals surface area contributed by atoms with Gasteiger partial charge >= 0.3 is 6.03 Å². The van der Waals surface area contributed by atoms with Crippen LogP contribution in [-0.4, -0.2) is 19.7 Å². The summed E-state index contributed by atoms with van der Waals surface area (Å²) in [4.78, 5) is 11.2. The van der Waals surface area contributed by atoms with Gasteiger partial charge in [0.1, 0.15) is 6.61 Å². The SMILES string of the molecule is COc1cc([C@H]2CNC(=O)N2)ccc1OCc1ccccc1. The number of carbonyl (C=O) groups excluding carboxylic acids is 1. The van der Waals surface area contributed by atoms with Crippen molar-refractivity contribution in [2.75, 3.05) is 13.7 Å². The van der Waals surface area contributed by atoms with Crippen molar-refractivity contribution in [3.63, 3.8) is 0 Å². The lowest BCUT2D eigenvalue weighted by molar-refractivity contribution is 0.247. The Kier molecular flexibility index (Phi) is 4.14. The van der Waals surface area contributed by atoms with Gasteiger partial charge in [-0.15, -0.1) is 0 Å². The van der Waals surface area contributed by atoms with Crippen LogP contribution in [0, 0.1) is 0 Å². The lowest BCUT2D eigenvalue weighted by Gasteiger charge is -2.14. The molecule has 0 bridgehead atoms. The van der Waals surface area contributed by atoms with E-state index >= 15 is 0 Å². The van der Waals surface area contributed by atoms with E-state index < -0.39 is 0 Å². The molecule has 2 aromatic carbocycles. The Balaban J connectivity index is 1.73. The van der Waals surface area contributed by atoms with Crippen molar-refractivity contribution in [3.8, 4) is 11.5 Å². The predicted molar refractivity (Wildman–Crippen MR) is 83.0 cm³/mol. The molecule has 5 heteroatoms. The number of carbonyl (C=O) groups is 1. The first-order valence-electron chi connectivity index (χ1n) is 7.15. The quantitative estimate of drug-likeness (QED) is 0.892. The molecule has 1 heterocycles. The smallest absolute Gasteiger partial charge is 0.315 e. The molecular weight excluding hydrogens is 280 g/mol. The summed E-state index contributed by atoms with van der Waals surface area (Å²) in [6.07, 6.45) is 0. The molecule has 1 fully saturated rings. The van der Waals surface area contributed by atoms with E-state index in [4.69, 9.17) is 9.47 Å². The molecular formula is C17H18N2O3. The van der Waals surface area contributed by atoms with E-state index in [0.717, 1.165) is 11.1 Å². The van der Waals surface area contributed by atoms with Crippen LogP contribution >= 0.6 is 0 Å². The average Bonchev–Trinajstić information content (AvgIpc) is 3.00. The molecule has 1 aliphatic rings. The van der Waals surface area contributed by atoms with Crippen molar-refractivity contribution in [2.45, 2.75) is 12.6 Å². The number of rotatable bonds is 5. The number of hydrogen-bond donors (Lipinski definition) is 2. The first kappa shape index (κ1) is 14.3. The molecule has 1 atom stereocenters. The van der Waals surface area contributed by atoms with E-state index in [1.807, 2.05) is 48.5 Å². The summed E-state index contributed by atoms with van der Waals surface area (Å²) >= 11 is 0. The molecule has 0 aromatic heterocycles. The maximum absolute atomic E-state index is 11.2. The summed E-state index contributed by atoms with van der Waals surface area (Å²) in [7, 11) is 1.61. The Morgan fingerprint density at radius 1 is 1.14 bits per heavy atom. The molecule has 2 amide bonds. The topological polar surface area (TPSA) is 59.6 Å². The van der Waals surface area contributed by atoms with E-state index in [1.165, 1.54) is 0 Å². The lowest BCUT2D eigenvalue weighted by atomic mass is 10.1. The fourth-order valence-corrected chi connectivity index (χ4v) is 2.41. The van der Waals surface area contributed by atoms with E-state index in [-0.39, 0.29) is 12.1 Å². The third kappa shape index (κ3) is 3.14. The number of hydrogen-bond acceptors (Lipinski definition) is 3. The summed E-state index contributed by atoms with van der Waals surface area (Å²) in [6, 6.07) is 15.5. The van der Waals surface area contributed by atoms with Gasteiger partial charge in [0.2, 0.25) is 0 Å². The number of ether oxygens (including phenoxy) is 2. The van der Waals surface area contributed by atoms with Crippen LogP contribution < -0.4 is 20.1 Å². The maximum Gasteiger partial charge on any atom is 0.315 e. The second-order valence-electron chi connectivity index (χ2n) is 5.09. The molecule has 1 aliphatic heterocycles. The minimum absolute atomic E-state index is 0.0374. The molecule has 22 heavy (non-hydrogen) atoms. The monoisotopic (exact) mass is 298 g/mol. The van der Waals surface area contributed by atoms with Crippen molar-refractivity contribution >= 4 is 6.03 Å². The van der Waals surface area contributed by atoms with Gasteiger partial charge in [-0.2, -0.15) is 0 Å². The number of nitrogens with one attached hydrogen (secondary N) is 2. The molecule has 0 unspecified atom stereocenters. The van der Waals surface area contributed by atoms with E-state index in [9.17, 15) is 4.79 Å². The first-order chi connectivity index (χ1) is 10.8. The second kappa shape index (κ2) is 6.39. The van der Waals surface area contributed by atoms with Gasteiger partial charge in [0.15, 0.2) is 11.5 Å². The highest BCUT2D eigenvalue weighted by molar-refractivity contribution is 5.77.